The maximum absolute atomic E-state index is 11.8. The Bertz CT molecular complexity index is 415. The topological polar surface area (TPSA) is 81.4 Å². The number of amides is 1. The third-order valence-electron chi connectivity index (χ3n) is 2.62. The van der Waals surface area contributed by atoms with E-state index in [9.17, 15) is 9.59 Å². The first-order chi connectivity index (χ1) is 8.58. The predicted molar refractivity (Wildman–Crippen MR) is 67.8 cm³/mol. The highest BCUT2D eigenvalue weighted by Gasteiger charge is 2.14. The van der Waals surface area contributed by atoms with Gasteiger partial charge in [-0.1, -0.05) is 19.1 Å². The van der Waals surface area contributed by atoms with E-state index in [4.69, 9.17) is 5.73 Å². The van der Waals surface area contributed by atoms with Crippen molar-refractivity contribution in [3.8, 4) is 0 Å². The van der Waals surface area contributed by atoms with E-state index in [2.05, 4.69) is 10.1 Å². The van der Waals surface area contributed by atoms with Crippen LogP contribution in [0.3, 0.4) is 0 Å². The van der Waals surface area contributed by atoms with Crippen molar-refractivity contribution in [2.45, 2.75) is 13.5 Å². The van der Waals surface area contributed by atoms with Crippen LogP contribution in [0.25, 0.3) is 0 Å². The SMILES string of the molecule is COC(=O)C(C)CNC(=O)c1ccc(CN)cc1. The molecule has 0 aliphatic heterocycles. The second-order valence-electron chi connectivity index (χ2n) is 4.04. The van der Waals surface area contributed by atoms with E-state index in [1.54, 1.807) is 31.2 Å². The Kier molecular flexibility index (Phi) is 5.32. The molecule has 0 saturated heterocycles. The second-order valence-corrected chi connectivity index (χ2v) is 4.04. The minimum Gasteiger partial charge on any atom is -0.469 e. The van der Waals surface area contributed by atoms with Crippen LogP contribution >= 0.6 is 0 Å². The van der Waals surface area contributed by atoms with Crippen molar-refractivity contribution in [2.75, 3.05) is 13.7 Å². The van der Waals surface area contributed by atoms with E-state index < -0.39 is 0 Å². The number of hydrogen-bond donors (Lipinski definition) is 2. The van der Waals surface area contributed by atoms with Gasteiger partial charge in [0.15, 0.2) is 0 Å². The lowest BCUT2D eigenvalue weighted by Gasteiger charge is -2.10. The fraction of sp³-hybridized carbons (Fsp3) is 0.385. The molecule has 0 bridgehead atoms. The molecule has 1 amide bonds. The number of carbonyl (C=O) groups is 2. The molecule has 0 spiro atoms. The van der Waals surface area contributed by atoms with Crippen LogP contribution in [0.5, 0.6) is 0 Å². The molecule has 1 unspecified atom stereocenters. The van der Waals surface area contributed by atoms with Gasteiger partial charge in [0.2, 0.25) is 0 Å². The van der Waals surface area contributed by atoms with Crippen LogP contribution in [0.15, 0.2) is 24.3 Å². The first kappa shape index (κ1) is 14.2. The number of ether oxygens (including phenoxy) is 1. The zero-order valence-electron chi connectivity index (χ0n) is 10.6. The summed E-state index contributed by atoms with van der Waals surface area (Å²) >= 11 is 0. The van der Waals surface area contributed by atoms with Crippen LogP contribution in [0.4, 0.5) is 0 Å². The molecule has 3 N–H and O–H groups in total. The van der Waals surface area contributed by atoms with Gasteiger partial charge in [-0.25, -0.2) is 0 Å². The summed E-state index contributed by atoms with van der Waals surface area (Å²) in [5.74, 6) is -0.912. The molecule has 98 valence electrons. The molecule has 0 fully saturated rings. The van der Waals surface area contributed by atoms with Crippen LogP contribution in [0, 0.1) is 5.92 Å². The Labute approximate surface area is 106 Å². The van der Waals surface area contributed by atoms with Crippen molar-refractivity contribution in [3.63, 3.8) is 0 Å². The Hall–Kier alpha value is -1.88. The highest BCUT2D eigenvalue weighted by molar-refractivity contribution is 5.94. The molecule has 0 aromatic heterocycles. The minimum atomic E-state index is -0.359. The number of carbonyl (C=O) groups excluding carboxylic acids is 2. The Morgan fingerprint density at radius 3 is 2.44 bits per heavy atom. The maximum Gasteiger partial charge on any atom is 0.310 e. The zero-order valence-corrected chi connectivity index (χ0v) is 10.6. The van der Waals surface area contributed by atoms with E-state index in [0.29, 0.717) is 12.1 Å². The zero-order chi connectivity index (χ0) is 13.5. The molecule has 0 aliphatic carbocycles. The lowest BCUT2D eigenvalue weighted by molar-refractivity contribution is -0.144. The molecule has 1 rings (SSSR count). The van der Waals surface area contributed by atoms with Gasteiger partial charge in [-0.2, -0.15) is 0 Å². The van der Waals surface area contributed by atoms with Gasteiger partial charge in [0, 0.05) is 18.7 Å². The second kappa shape index (κ2) is 6.76. The van der Waals surface area contributed by atoms with Crippen molar-refractivity contribution in [3.05, 3.63) is 35.4 Å². The number of nitrogens with one attached hydrogen (secondary N) is 1. The van der Waals surface area contributed by atoms with E-state index in [1.165, 1.54) is 7.11 Å². The fourth-order valence-corrected chi connectivity index (χ4v) is 1.42. The largest absolute Gasteiger partial charge is 0.469 e. The number of hydrogen-bond acceptors (Lipinski definition) is 4. The summed E-state index contributed by atoms with van der Waals surface area (Å²) in [5.41, 5.74) is 6.98. The molecule has 0 saturated carbocycles. The first-order valence-electron chi connectivity index (χ1n) is 5.73. The molecule has 5 nitrogen and oxygen atoms in total. The van der Waals surface area contributed by atoms with Crippen molar-refractivity contribution in [1.29, 1.82) is 0 Å². The lowest BCUT2D eigenvalue weighted by atomic mass is 10.1. The molecule has 5 heteroatoms. The summed E-state index contributed by atoms with van der Waals surface area (Å²) in [4.78, 5) is 22.9. The van der Waals surface area contributed by atoms with E-state index >= 15 is 0 Å². The average Bonchev–Trinajstić information content (AvgIpc) is 2.43. The first-order valence-corrected chi connectivity index (χ1v) is 5.73. The van der Waals surface area contributed by atoms with Crippen LogP contribution in [0.2, 0.25) is 0 Å². The Balaban J connectivity index is 2.52. The van der Waals surface area contributed by atoms with Gasteiger partial charge < -0.3 is 15.8 Å². The Morgan fingerprint density at radius 1 is 1.33 bits per heavy atom. The van der Waals surface area contributed by atoms with Crippen molar-refractivity contribution < 1.29 is 14.3 Å². The average molecular weight is 250 g/mol. The molecule has 1 aromatic carbocycles. The molecule has 1 aromatic rings. The van der Waals surface area contributed by atoms with E-state index in [-0.39, 0.29) is 24.3 Å². The molecule has 18 heavy (non-hydrogen) atoms. The molecular formula is C13H18N2O3. The molecular weight excluding hydrogens is 232 g/mol. The van der Waals surface area contributed by atoms with Crippen LogP contribution in [-0.2, 0) is 16.1 Å². The third kappa shape index (κ3) is 3.85. The Morgan fingerprint density at radius 2 is 1.94 bits per heavy atom. The van der Waals surface area contributed by atoms with Gasteiger partial charge in [-0.15, -0.1) is 0 Å². The number of rotatable bonds is 5. The standard InChI is InChI=1S/C13H18N2O3/c1-9(13(17)18-2)8-15-12(16)11-5-3-10(7-14)4-6-11/h3-6,9H,7-8,14H2,1-2H3,(H,15,16). The van der Waals surface area contributed by atoms with Gasteiger partial charge in [0.25, 0.3) is 5.91 Å². The third-order valence-corrected chi connectivity index (χ3v) is 2.62. The van der Waals surface area contributed by atoms with E-state index in [1.807, 2.05) is 0 Å². The summed E-state index contributed by atoms with van der Waals surface area (Å²) in [7, 11) is 1.33. The summed E-state index contributed by atoms with van der Waals surface area (Å²) in [6.07, 6.45) is 0. The van der Waals surface area contributed by atoms with Crippen molar-refractivity contribution in [1.82, 2.24) is 5.32 Å². The van der Waals surface area contributed by atoms with Gasteiger partial charge >= 0.3 is 5.97 Å². The van der Waals surface area contributed by atoms with Gasteiger partial charge in [0.1, 0.15) is 0 Å². The maximum atomic E-state index is 11.8. The van der Waals surface area contributed by atoms with Crippen LogP contribution in [0.1, 0.15) is 22.8 Å². The van der Waals surface area contributed by atoms with Crippen molar-refractivity contribution in [2.24, 2.45) is 11.7 Å². The molecule has 0 aliphatic rings. The number of esters is 1. The smallest absolute Gasteiger partial charge is 0.310 e. The normalized spacial score (nSPS) is 11.7. The number of benzene rings is 1. The number of nitrogens with two attached hydrogens (primary N) is 1. The minimum absolute atomic E-state index is 0.214. The lowest BCUT2D eigenvalue weighted by Crippen LogP contribution is -2.32. The quantitative estimate of drug-likeness (QED) is 0.753. The summed E-state index contributed by atoms with van der Waals surface area (Å²) in [6, 6.07) is 7.03. The molecule has 0 heterocycles. The molecule has 1 atom stereocenters. The van der Waals surface area contributed by atoms with Crippen LogP contribution in [-0.4, -0.2) is 25.5 Å². The highest BCUT2D eigenvalue weighted by Crippen LogP contribution is 2.04. The van der Waals surface area contributed by atoms with Gasteiger partial charge in [-0.3, -0.25) is 9.59 Å². The number of methoxy groups -OCH3 is 1. The van der Waals surface area contributed by atoms with Gasteiger partial charge in [0.05, 0.1) is 13.0 Å². The molecule has 0 radical (unpaired) electrons. The summed E-state index contributed by atoms with van der Waals surface area (Å²) < 4.78 is 4.58. The van der Waals surface area contributed by atoms with Crippen LogP contribution < -0.4 is 11.1 Å². The van der Waals surface area contributed by atoms with E-state index in [0.717, 1.165) is 5.56 Å². The van der Waals surface area contributed by atoms with Crippen molar-refractivity contribution >= 4 is 11.9 Å². The fourth-order valence-electron chi connectivity index (χ4n) is 1.42. The monoisotopic (exact) mass is 250 g/mol. The van der Waals surface area contributed by atoms with Gasteiger partial charge in [-0.05, 0) is 17.7 Å². The summed E-state index contributed by atoms with van der Waals surface area (Å²) in [6.45, 7) is 2.40. The predicted octanol–water partition coefficient (Wildman–Crippen LogP) is 0.684. The summed E-state index contributed by atoms with van der Waals surface area (Å²) in [5, 5.41) is 2.68. The highest BCUT2D eigenvalue weighted by atomic mass is 16.5.